The second kappa shape index (κ2) is 11.0. The van der Waals surface area contributed by atoms with Crippen LogP contribution in [-0.4, -0.2) is 25.5 Å². The standard InChI is InChI=1S/C22H28N2O2.ClH/c1-17-5-2-7-19(11-17)16-26-21-9-3-6-18(12-21)13-22(25)24-15-20-8-4-10-23-14-20;/h2-3,5-7,9,11-12,20,23H,4,8,10,13-16H2,1H3,(H,24,25);1H. The molecule has 0 spiro atoms. The fourth-order valence-corrected chi connectivity index (χ4v) is 3.32. The molecule has 5 heteroatoms. The van der Waals surface area contributed by atoms with Gasteiger partial charge in [-0.3, -0.25) is 4.79 Å². The minimum absolute atomic E-state index is 0. The van der Waals surface area contributed by atoms with Gasteiger partial charge >= 0.3 is 0 Å². The Morgan fingerprint density at radius 1 is 1.19 bits per heavy atom. The molecule has 1 fully saturated rings. The molecule has 146 valence electrons. The van der Waals surface area contributed by atoms with E-state index in [4.69, 9.17) is 4.74 Å². The molecule has 1 atom stereocenters. The Bertz CT molecular complexity index is 730. The van der Waals surface area contributed by atoms with Crippen molar-refractivity contribution >= 4 is 18.3 Å². The highest BCUT2D eigenvalue weighted by Gasteiger charge is 2.14. The molecule has 1 saturated heterocycles. The summed E-state index contributed by atoms with van der Waals surface area (Å²) in [5.41, 5.74) is 3.35. The highest BCUT2D eigenvalue weighted by atomic mass is 35.5. The van der Waals surface area contributed by atoms with Gasteiger partial charge in [-0.25, -0.2) is 0 Å². The van der Waals surface area contributed by atoms with E-state index in [1.54, 1.807) is 0 Å². The number of hydrogen-bond donors (Lipinski definition) is 2. The van der Waals surface area contributed by atoms with Crippen LogP contribution in [0.3, 0.4) is 0 Å². The number of halogens is 1. The van der Waals surface area contributed by atoms with Crippen LogP contribution in [0.5, 0.6) is 5.75 Å². The maximum atomic E-state index is 12.2. The number of carbonyl (C=O) groups is 1. The summed E-state index contributed by atoms with van der Waals surface area (Å²) in [7, 11) is 0. The van der Waals surface area contributed by atoms with Gasteiger partial charge < -0.3 is 15.4 Å². The summed E-state index contributed by atoms with van der Waals surface area (Å²) in [4.78, 5) is 12.2. The zero-order valence-corrected chi connectivity index (χ0v) is 16.7. The van der Waals surface area contributed by atoms with E-state index in [1.165, 1.54) is 18.4 Å². The Hall–Kier alpha value is -2.04. The van der Waals surface area contributed by atoms with Gasteiger partial charge in [-0.15, -0.1) is 12.4 Å². The lowest BCUT2D eigenvalue weighted by molar-refractivity contribution is -0.120. The Kier molecular flexibility index (Phi) is 8.62. The van der Waals surface area contributed by atoms with Crippen LogP contribution in [-0.2, 0) is 17.8 Å². The largest absolute Gasteiger partial charge is 0.489 e. The molecule has 1 unspecified atom stereocenters. The number of piperidine rings is 1. The number of rotatable bonds is 7. The Morgan fingerprint density at radius 2 is 2.00 bits per heavy atom. The zero-order valence-electron chi connectivity index (χ0n) is 15.9. The van der Waals surface area contributed by atoms with Gasteiger partial charge in [0.2, 0.25) is 5.91 Å². The normalized spacial score (nSPS) is 16.3. The van der Waals surface area contributed by atoms with Crippen LogP contribution in [0.2, 0.25) is 0 Å². The summed E-state index contributed by atoms with van der Waals surface area (Å²) in [6, 6.07) is 16.1. The summed E-state index contributed by atoms with van der Waals surface area (Å²) in [5, 5.41) is 6.44. The first-order chi connectivity index (χ1) is 12.7. The van der Waals surface area contributed by atoms with Crippen molar-refractivity contribution in [2.75, 3.05) is 19.6 Å². The number of benzene rings is 2. The van der Waals surface area contributed by atoms with Crippen LogP contribution in [0.1, 0.15) is 29.5 Å². The van der Waals surface area contributed by atoms with Gasteiger partial charge in [0.25, 0.3) is 0 Å². The van der Waals surface area contributed by atoms with Gasteiger partial charge in [-0.05, 0) is 62.0 Å². The minimum Gasteiger partial charge on any atom is -0.489 e. The lowest BCUT2D eigenvalue weighted by atomic mass is 9.99. The summed E-state index contributed by atoms with van der Waals surface area (Å²) in [6.07, 6.45) is 2.78. The molecule has 1 amide bonds. The summed E-state index contributed by atoms with van der Waals surface area (Å²) < 4.78 is 5.88. The molecule has 3 rings (SSSR count). The van der Waals surface area contributed by atoms with E-state index < -0.39 is 0 Å². The minimum atomic E-state index is 0. The number of nitrogens with one attached hydrogen (secondary N) is 2. The predicted octanol–water partition coefficient (Wildman–Crippen LogP) is 3.65. The number of aryl methyl sites for hydroxylation is 1. The molecule has 2 aromatic carbocycles. The van der Waals surface area contributed by atoms with Crippen molar-refractivity contribution in [3.63, 3.8) is 0 Å². The average molecular weight is 389 g/mol. The summed E-state index contributed by atoms with van der Waals surface area (Å²) in [6.45, 7) is 5.47. The van der Waals surface area contributed by atoms with E-state index in [9.17, 15) is 4.79 Å². The topological polar surface area (TPSA) is 50.4 Å². The quantitative estimate of drug-likeness (QED) is 0.761. The molecule has 1 aliphatic heterocycles. The van der Waals surface area contributed by atoms with Crippen molar-refractivity contribution in [2.45, 2.75) is 32.8 Å². The van der Waals surface area contributed by atoms with E-state index in [0.29, 0.717) is 18.9 Å². The van der Waals surface area contributed by atoms with E-state index in [-0.39, 0.29) is 18.3 Å². The molecule has 27 heavy (non-hydrogen) atoms. The number of carbonyl (C=O) groups excluding carboxylic acids is 1. The highest BCUT2D eigenvalue weighted by molar-refractivity contribution is 5.85. The lowest BCUT2D eigenvalue weighted by Crippen LogP contribution is -2.38. The molecule has 0 saturated carbocycles. The van der Waals surface area contributed by atoms with Crippen LogP contribution in [0.25, 0.3) is 0 Å². The van der Waals surface area contributed by atoms with Gasteiger partial charge in [0.15, 0.2) is 0 Å². The Labute approximate surface area is 168 Å². The maximum absolute atomic E-state index is 12.2. The van der Waals surface area contributed by atoms with E-state index in [1.807, 2.05) is 30.3 Å². The average Bonchev–Trinajstić information content (AvgIpc) is 2.66. The Morgan fingerprint density at radius 3 is 2.78 bits per heavy atom. The molecular weight excluding hydrogens is 360 g/mol. The number of amides is 1. The fraction of sp³-hybridized carbons (Fsp3) is 0.409. The van der Waals surface area contributed by atoms with E-state index in [0.717, 1.165) is 36.5 Å². The highest BCUT2D eigenvalue weighted by Crippen LogP contribution is 2.16. The monoisotopic (exact) mass is 388 g/mol. The first-order valence-corrected chi connectivity index (χ1v) is 9.44. The smallest absolute Gasteiger partial charge is 0.224 e. The third-order valence-electron chi connectivity index (χ3n) is 4.74. The summed E-state index contributed by atoms with van der Waals surface area (Å²) >= 11 is 0. The number of ether oxygens (including phenoxy) is 1. The van der Waals surface area contributed by atoms with Gasteiger partial charge in [0.05, 0.1) is 6.42 Å². The van der Waals surface area contributed by atoms with Crippen molar-refractivity contribution in [1.29, 1.82) is 0 Å². The molecule has 0 bridgehead atoms. The summed E-state index contributed by atoms with van der Waals surface area (Å²) in [5.74, 6) is 1.43. The molecule has 1 heterocycles. The number of hydrogen-bond acceptors (Lipinski definition) is 3. The molecule has 0 aromatic heterocycles. The predicted molar refractivity (Wildman–Crippen MR) is 112 cm³/mol. The van der Waals surface area contributed by atoms with E-state index in [2.05, 4.69) is 35.8 Å². The van der Waals surface area contributed by atoms with E-state index >= 15 is 0 Å². The van der Waals surface area contributed by atoms with Crippen molar-refractivity contribution in [2.24, 2.45) is 5.92 Å². The molecule has 0 aliphatic carbocycles. The zero-order chi connectivity index (χ0) is 18.2. The van der Waals surface area contributed by atoms with Crippen LogP contribution in [0, 0.1) is 12.8 Å². The maximum Gasteiger partial charge on any atom is 0.224 e. The molecular formula is C22H29ClN2O2. The van der Waals surface area contributed by atoms with Crippen LogP contribution in [0.15, 0.2) is 48.5 Å². The fourth-order valence-electron chi connectivity index (χ4n) is 3.32. The van der Waals surface area contributed by atoms with Crippen molar-refractivity contribution in [3.8, 4) is 5.75 Å². The SMILES string of the molecule is Cc1cccc(COc2cccc(CC(=O)NCC3CCCNC3)c2)c1.Cl. The molecule has 2 aromatic rings. The molecule has 4 nitrogen and oxygen atoms in total. The first kappa shape index (κ1) is 21.3. The van der Waals surface area contributed by atoms with Crippen molar-refractivity contribution in [3.05, 3.63) is 65.2 Å². The van der Waals surface area contributed by atoms with Crippen molar-refractivity contribution < 1.29 is 9.53 Å². The van der Waals surface area contributed by atoms with Gasteiger partial charge in [0.1, 0.15) is 12.4 Å². The second-order valence-corrected chi connectivity index (χ2v) is 7.12. The van der Waals surface area contributed by atoms with Gasteiger partial charge in [-0.1, -0.05) is 42.0 Å². The van der Waals surface area contributed by atoms with Crippen LogP contribution in [0.4, 0.5) is 0 Å². The van der Waals surface area contributed by atoms with Gasteiger partial charge in [-0.2, -0.15) is 0 Å². The molecule has 1 aliphatic rings. The van der Waals surface area contributed by atoms with Crippen molar-refractivity contribution in [1.82, 2.24) is 10.6 Å². The van der Waals surface area contributed by atoms with Crippen LogP contribution >= 0.6 is 12.4 Å². The first-order valence-electron chi connectivity index (χ1n) is 9.44. The second-order valence-electron chi connectivity index (χ2n) is 7.12. The van der Waals surface area contributed by atoms with Gasteiger partial charge in [0, 0.05) is 6.54 Å². The van der Waals surface area contributed by atoms with Crippen LogP contribution < -0.4 is 15.4 Å². The third kappa shape index (κ3) is 7.24. The molecule has 2 N–H and O–H groups in total. The Balaban J connectivity index is 0.00000261. The third-order valence-corrected chi connectivity index (χ3v) is 4.74. The lowest BCUT2D eigenvalue weighted by Gasteiger charge is -2.22. The molecule has 0 radical (unpaired) electrons.